The van der Waals surface area contributed by atoms with Gasteiger partial charge in [0.15, 0.2) is 0 Å². The van der Waals surface area contributed by atoms with Crippen LogP contribution < -0.4 is 10.6 Å². The quantitative estimate of drug-likeness (QED) is 0.565. The van der Waals surface area contributed by atoms with E-state index in [1.165, 1.54) is 6.42 Å². The first-order valence-corrected chi connectivity index (χ1v) is 13.6. The number of ether oxygens (including phenoxy) is 1. The lowest BCUT2D eigenvalue weighted by molar-refractivity contribution is -0.141. The largest absolute Gasteiger partial charge is 0.359 e. The van der Waals surface area contributed by atoms with Crippen molar-refractivity contribution >= 4 is 23.4 Å². The Balaban J connectivity index is 1.43. The van der Waals surface area contributed by atoms with E-state index in [0.29, 0.717) is 24.1 Å². The molecule has 0 aromatic heterocycles. The number of unbranched alkanes of at least 4 members (excludes halogenated alkanes) is 1. The summed E-state index contributed by atoms with van der Waals surface area (Å²) in [6, 6.07) is 6.94. The van der Waals surface area contributed by atoms with Gasteiger partial charge in [-0.2, -0.15) is 0 Å². The second-order valence-electron chi connectivity index (χ2n) is 11.3. The molecule has 3 heterocycles. The molecule has 1 spiro atoms. The van der Waals surface area contributed by atoms with Gasteiger partial charge in [0.25, 0.3) is 0 Å². The smallest absolute Gasteiger partial charge is 0.246 e. The number of fused-ring (bicyclic) bond motifs is 1. The molecule has 4 aliphatic rings. The van der Waals surface area contributed by atoms with Crippen LogP contribution in [0.25, 0.3) is 0 Å². The molecule has 0 radical (unpaired) electrons. The topological polar surface area (TPSA) is 87.7 Å². The molecule has 7 nitrogen and oxygen atoms in total. The maximum atomic E-state index is 13.9. The SMILES string of the molecule is CCCCN1C(=O)[C@@H]2[C@H](C(=O)Nc3cccc(C)c3)[C@@H]3C=C[C@@]2(O3)[C@@H]1C(=O)N[C@@H]1CCC[C@H](C)[C@H]1C. The molecule has 194 valence electrons. The molecular formula is C29H39N3O4. The van der Waals surface area contributed by atoms with Crippen molar-refractivity contribution in [1.82, 2.24) is 10.2 Å². The molecule has 0 unspecified atom stereocenters. The number of aryl methyl sites for hydroxylation is 1. The third-order valence-electron chi connectivity index (χ3n) is 9.00. The van der Waals surface area contributed by atoms with Gasteiger partial charge >= 0.3 is 0 Å². The Morgan fingerprint density at radius 1 is 1.19 bits per heavy atom. The molecule has 1 saturated carbocycles. The monoisotopic (exact) mass is 493 g/mol. The summed E-state index contributed by atoms with van der Waals surface area (Å²) in [6.45, 7) is 8.97. The first-order chi connectivity index (χ1) is 17.3. The van der Waals surface area contributed by atoms with E-state index in [9.17, 15) is 14.4 Å². The fraction of sp³-hybridized carbons (Fsp3) is 0.621. The molecular weight excluding hydrogens is 454 g/mol. The highest BCUT2D eigenvalue weighted by Gasteiger charge is 2.72. The van der Waals surface area contributed by atoms with Crippen LogP contribution >= 0.6 is 0 Å². The van der Waals surface area contributed by atoms with E-state index in [1.54, 1.807) is 4.90 Å². The van der Waals surface area contributed by atoms with E-state index in [0.717, 1.165) is 31.2 Å². The van der Waals surface area contributed by atoms with Gasteiger partial charge in [0, 0.05) is 18.3 Å². The van der Waals surface area contributed by atoms with Crippen molar-refractivity contribution in [1.29, 1.82) is 0 Å². The lowest BCUT2D eigenvalue weighted by Crippen LogP contribution is -2.58. The maximum Gasteiger partial charge on any atom is 0.246 e. The Labute approximate surface area is 214 Å². The number of carbonyl (C=O) groups is 3. The van der Waals surface area contributed by atoms with Crippen molar-refractivity contribution < 1.29 is 19.1 Å². The minimum Gasteiger partial charge on any atom is -0.359 e. The van der Waals surface area contributed by atoms with Crippen LogP contribution in [-0.4, -0.2) is 53.0 Å². The lowest BCUT2D eigenvalue weighted by atomic mass is 9.73. The first-order valence-electron chi connectivity index (χ1n) is 13.6. The Morgan fingerprint density at radius 3 is 2.75 bits per heavy atom. The molecule has 1 aromatic rings. The van der Waals surface area contributed by atoms with Crippen molar-refractivity contribution in [2.45, 2.75) is 83.6 Å². The number of carbonyl (C=O) groups excluding carboxylic acids is 3. The van der Waals surface area contributed by atoms with Crippen LogP contribution in [-0.2, 0) is 19.1 Å². The fourth-order valence-corrected chi connectivity index (χ4v) is 6.83. The summed E-state index contributed by atoms with van der Waals surface area (Å²) >= 11 is 0. The summed E-state index contributed by atoms with van der Waals surface area (Å²) in [5, 5.41) is 6.29. The van der Waals surface area contributed by atoms with E-state index in [2.05, 4.69) is 31.4 Å². The fourth-order valence-electron chi connectivity index (χ4n) is 6.83. The number of benzene rings is 1. The molecule has 3 fully saturated rings. The molecule has 8 atom stereocenters. The third-order valence-corrected chi connectivity index (χ3v) is 9.00. The van der Waals surface area contributed by atoms with Crippen LogP contribution in [0.3, 0.4) is 0 Å². The number of hydrogen-bond donors (Lipinski definition) is 2. The Bertz CT molecular complexity index is 1070. The molecule has 36 heavy (non-hydrogen) atoms. The van der Waals surface area contributed by atoms with Crippen LogP contribution in [0, 0.1) is 30.6 Å². The number of anilines is 1. The van der Waals surface area contributed by atoms with Crippen LogP contribution in [0.4, 0.5) is 5.69 Å². The first kappa shape index (κ1) is 25.0. The average molecular weight is 494 g/mol. The highest BCUT2D eigenvalue weighted by molar-refractivity contribution is 6.02. The highest BCUT2D eigenvalue weighted by Crippen LogP contribution is 2.55. The predicted molar refractivity (Wildman–Crippen MR) is 138 cm³/mol. The molecule has 2 N–H and O–H groups in total. The van der Waals surface area contributed by atoms with Crippen LogP contribution in [0.5, 0.6) is 0 Å². The summed E-state index contributed by atoms with van der Waals surface area (Å²) < 4.78 is 6.44. The normalized spacial score (nSPS) is 36.7. The summed E-state index contributed by atoms with van der Waals surface area (Å²) in [6.07, 6.45) is 8.17. The van der Waals surface area contributed by atoms with Gasteiger partial charge in [-0.3, -0.25) is 14.4 Å². The molecule has 1 aromatic carbocycles. The zero-order chi connectivity index (χ0) is 25.6. The Kier molecular flexibility index (Phi) is 6.70. The molecule has 1 aliphatic carbocycles. The van der Waals surface area contributed by atoms with Gasteiger partial charge in [-0.15, -0.1) is 0 Å². The van der Waals surface area contributed by atoms with Gasteiger partial charge in [0.05, 0.1) is 17.9 Å². The molecule has 3 amide bonds. The number of nitrogens with one attached hydrogen (secondary N) is 2. The van der Waals surface area contributed by atoms with E-state index in [1.807, 2.05) is 43.3 Å². The Hall–Kier alpha value is -2.67. The predicted octanol–water partition coefficient (Wildman–Crippen LogP) is 3.83. The summed E-state index contributed by atoms with van der Waals surface area (Å²) in [5.74, 6) is -0.985. The highest BCUT2D eigenvalue weighted by atomic mass is 16.5. The molecule has 7 heteroatoms. The van der Waals surface area contributed by atoms with Gasteiger partial charge in [-0.1, -0.05) is 64.3 Å². The average Bonchev–Trinajstić information content (AvgIpc) is 3.48. The van der Waals surface area contributed by atoms with Gasteiger partial charge in [-0.25, -0.2) is 0 Å². The van der Waals surface area contributed by atoms with Gasteiger partial charge < -0.3 is 20.3 Å². The van der Waals surface area contributed by atoms with Crippen LogP contribution in [0.15, 0.2) is 36.4 Å². The van der Waals surface area contributed by atoms with Crippen molar-refractivity contribution in [3.63, 3.8) is 0 Å². The summed E-state index contributed by atoms with van der Waals surface area (Å²) in [4.78, 5) is 43.0. The van der Waals surface area contributed by atoms with Crippen LogP contribution in [0.1, 0.15) is 58.4 Å². The third kappa shape index (κ3) is 4.05. The standard InChI is InChI=1S/C29H39N3O4/c1-5-6-15-32-25(27(34)31-21-12-8-10-18(3)19(21)4)29-14-13-22(36-29)23(24(29)28(32)35)26(33)30-20-11-7-9-17(2)16-20/h7,9,11,13-14,16,18-19,21-25H,5-6,8,10,12,15H2,1-4H3,(H,30,33)(H,31,34)/t18-,19+,21+,22-,23+,24-,25-,29-/m0/s1. The van der Waals surface area contributed by atoms with Gasteiger partial charge in [-0.05, 0) is 49.3 Å². The summed E-state index contributed by atoms with van der Waals surface area (Å²) in [7, 11) is 0. The zero-order valence-electron chi connectivity index (χ0n) is 21.8. The van der Waals surface area contributed by atoms with Crippen molar-refractivity contribution in [3.05, 3.63) is 42.0 Å². The number of hydrogen-bond acceptors (Lipinski definition) is 4. The van der Waals surface area contributed by atoms with E-state index in [4.69, 9.17) is 4.74 Å². The molecule has 5 rings (SSSR count). The lowest BCUT2D eigenvalue weighted by Gasteiger charge is -2.38. The number of amides is 3. The van der Waals surface area contributed by atoms with E-state index in [-0.39, 0.29) is 23.8 Å². The van der Waals surface area contributed by atoms with Gasteiger partial charge in [0.2, 0.25) is 17.7 Å². The Morgan fingerprint density at radius 2 is 2.00 bits per heavy atom. The minimum absolute atomic E-state index is 0.0859. The second kappa shape index (κ2) is 9.66. The number of rotatable bonds is 7. The van der Waals surface area contributed by atoms with E-state index < -0.39 is 29.6 Å². The molecule has 2 saturated heterocycles. The van der Waals surface area contributed by atoms with Crippen molar-refractivity contribution in [3.8, 4) is 0 Å². The minimum atomic E-state index is -1.10. The molecule has 2 bridgehead atoms. The van der Waals surface area contributed by atoms with E-state index >= 15 is 0 Å². The van der Waals surface area contributed by atoms with Gasteiger partial charge in [0.1, 0.15) is 11.6 Å². The van der Waals surface area contributed by atoms with Crippen LogP contribution in [0.2, 0.25) is 0 Å². The zero-order valence-corrected chi connectivity index (χ0v) is 21.8. The number of nitrogens with zero attached hydrogens (tertiary/aromatic N) is 1. The van der Waals surface area contributed by atoms with Crippen molar-refractivity contribution in [2.75, 3.05) is 11.9 Å². The second-order valence-corrected chi connectivity index (χ2v) is 11.3. The molecule has 3 aliphatic heterocycles. The summed E-state index contributed by atoms with van der Waals surface area (Å²) in [5.41, 5.74) is 0.639. The van der Waals surface area contributed by atoms with Crippen molar-refractivity contribution in [2.24, 2.45) is 23.7 Å². The maximum absolute atomic E-state index is 13.9. The number of likely N-dealkylation sites (tertiary alicyclic amines) is 1.